The van der Waals surface area contributed by atoms with Crippen LogP contribution in [0, 0.1) is 6.92 Å². The van der Waals surface area contributed by atoms with Crippen molar-refractivity contribution < 1.29 is 8.42 Å². The highest BCUT2D eigenvalue weighted by Gasteiger charge is 2.18. The number of aryl methyl sites for hydroxylation is 1. The summed E-state index contributed by atoms with van der Waals surface area (Å²) in [5, 5.41) is 9.03. The molecule has 0 spiro atoms. The van der Waals surface area contributed by atoms with Gasteiger partial charge in [-0.1, -0.05) is 6.07 Å². The smallest absolute Gasteiger partial charge is 0.261 e. The average molecular weight is 294 g/mol. The molecule has 19 heavy (non-hydrogen) atoms. The van der Waals surface area contributed by atoms with Crippen molar-refractivity contribution in [1.29, 1.82) is 0 Å². The van der Waals surface area contributed by atoms with Gasteiger partial charge in [-0.05, 0) is 30.5 Å². The number of anilines is 1. The first-order valence-electron chi connectivity index (χ1n) is 5.44. The van der Waals surface area contributed by atoms with Crippen LogP contribution in [0.25, 0.3) is 11.0 Å². The highest BCUT2D eigenvalue weighted by molar-refractivity contribution is 7.94. The number of aromatic nitrogens is 3. The van der Waals surface area contributed by atoms with Gasteiger partial charge in [0.25, 0.3) is 10.0 Å². The van der Waals surface area contributed by atoms with Gasteiger partial charge in [-0.25, -0.2) is 13.4 Å². The minimum atomic E-state index is -3.58. The van der Waals surface area contributed by atoms with E-state index in [1.807, 2.05) is 6.92 Å². The monoisotopic (exact) mass is 294 g/mol. The van der Waals surface area contributed by atoms with Crippen molar-refractivity contribution in [3.8, 4) is 0 Å². The molecule has 0 fully saturated rings. The third-order valence-corrected chi connectivity index (χ3v) is 5.29. The van der Waals surface area contributed by atoms with Crippen LogP contribution in [-0.4, -0.2) is 23.6 Å². The standard InChI is InChI=1S/C11H10N4O2S2/c1-7-4-5-8-10(12-7)13-14-11(8)15-19(16,17)9-3-2-6-18-9/h2-6H,1H3,(H2,12,13,14,15). The number of sulfonamides is 1. The molecule has 0 aliphatic carbocycles. The molecule has 0 aliphatic rings. The van der Waals surface area contributed by atoms with Crippen molar-refractivity contribution in [3.63, 3.8) is 0 Å². The van der Waals surface area contributed by atoms with Crippen LogP contribution in [-0.2, 0) is 10.0 Å². The van der Waals surface area contributed by atoms with E-state index >= 15 is 0 Å². The Kier molecular flexibility index (Phi) is 2.76. The Hall–Kier alpha value is -1.93. The number of rotatable bonds is 3. The summed E-state index contributed by atoms with van der Waals surface area (Å²) in [4.78, 5) is 4.24. The maximum atomic E-state index is 12.1. The molecule has 0 atom stereocenters. The van der Waals surface area contributed by atoms with E-state index in [0.29, 0.717) is 11.0 Å². The number of nitrogens with one attached hydrogen (secondary N) is 2. The second-order valence-corrected chi connectivity index (χ2v) is 6.82. The van der Waals surface area contributed by atoms with Crippen molar-refractivity contribution in [2.75, 3.05) is 4.72 Å². The van der Waals surface area contributed by atoms with E-state index in [-0.39, 0.29) is 10.0 Å². The Morgan fingerprint density at radius 1 is 1.32 bits per heavy atom. The SMILES string of the molecule is Cc1ccc2c(NS(=O)(=O)c3cccs3)n[nH]c2n1. The van der Waals surface area contributed by atoms with Gasteiger partial charge in [0.05, 0.1) is 5.39 Å². The molecule has 98 valence electrons. The lowest BCUT2D eigenvalue weighted by Crippen LogP contribution is -2.11. The largest absolute Gasteiger partial charge is 0.272 e. The van der Waals surface area contributed by atoms with Gasteiger partial charge in [-0.15, -0.1) is 11.3 Å². The van der Waals surface area contributed by atoms with Gasteiger partial charge in [-0.2, -0.15) is 5.10 Å². The lowest BCUT2D eigenvalue weighted by molar-refractivity contribution is 0.603. The maximum absolute atomic E-state index is 12.1. The van der Waals surface area contributed by atoms with Crippen LogP contribution in [0.4, 0.5) is 5.82 Å². The summed E-state index contributed by atoms with van der Waals surface area (Å²) in [5.74, 6) is 0.260. The molecule has 0 radical (unpaired) electrons. The number of H-pyrrole nitrogens is 1. The molecule has 3 aromatic rings. The van der Waals surface area contributed by atoms with Crippen LogP contribution in [0.1, 0.15) is 5.69 Å². The van der Waals surface area contributed by atoms with Gasteiger partial charge in [0, 0.05) is 5.69 Å². The van der Waals surface area contributed by atoms with Crippen LogP contribution in [0.3, 0.4) is 0 Å². The van der Waals surface area contributed by atoms with Crippen molar-refractivity contribution >= 4 is 38.2 Å². The number of hydrogen-bond acceptors (Lipinski definition) is 5. The Morgan fingerprint density at radius 3 is 2.89 bits per heavy atom. The molecule has 0 saturated carbocycles. The second-order valence-electron chi connectivity index (χ2n) is 3.96. The molecule has 0 aliphatic heterocycles. The summed E-state index contributed by atoms with van der Waals surface area (Å²) in [6.07, 6.45) is 0. The molecule has 8 heteroatoms. The van der Waals surface area contributed by atoms with Crippen molar-refractivity contribution in [1.82, 2.24) is 15.2 Å². The van der Waals surface area contributed by atoms with E-state index in [4.69, 9.17) is 0 Å². The number of nitrogens with zero attached hydrogens (tertiary/aromatic N) is 2. The van der Waals surface area contributed by atoms with E-state index < -0.39 is 10.0 Å². The predicted molar refractivity (Wildman–Crippen MR) is 73.8 cm³/mol. The summed E-state index contributed by atoms with van der Waals surface area (Å²) in [6, 6.07) is 6.82. The van der Waals surface area contributed by atoms with E-state index in [1.54, 1.807) is 29.6 Å². The Balaban J connectivity index is 2.03. The molecule has 0 aromatic carbocycles. The van der Waals surface area contributed by atoms with Crippen molar-refractivity contribution in [2.45, 2.75) is 11.1 Å². The van der Waals surface area contributed by atoms with Crippen molar-refractivity contribution in [2.24, 2.45) is 0 Å². The van der Waals surface area contributed by atoms with Crippen LogP contribution in [0.2, 0.25) is 0 Å². The number of aromatic amines is 1. The zero-order valence-electron chi connectivity index (χ0n) is 9.91. The first kappa shape index (κ1) is 12.1. The number of pyridine rings is 1. The number of hydrogen-bond donors (Lipinski definition) is 2. The third kappa shape index (κ3) is 2.20. The van der Waals surface area contributed by atoms with Crippen LogP contribution < -0.4 is 4.72 Å². The molecule has 0 saturated heterocycles. The fourth-order valence-electron chi connectivity index (χ4n) is 1.67. The molecule has 3 rings (SSSR count). The molecule has 3 heterocycles. The highest BCUT2D eigenvalue weighted by atomic mass is 32.2. The molecule has 0 bridgehead atoms. The van der Waals surface area contributed by atoms with Gasteiger partial charge < -0.3 is 0 Å². The molecule has 0 amide bonds. The van der Waals surface area contributed by atoms with Gasteiger partial charge in [-0.3, -0.25) is 9.82 Å². The Bertz CT molecular complexity index is 822. The molecular formula is C11H10N4O2S2. The fraction of sp³-hybridized carbons (Fsp3) is 0.0909. The van der Waals surface area contributed by atoms with Crippen LogP contribution in [0.5, 0.6) is 0 Å². The first-order valence-corrected chi connectivity index (χ1v) is 7.80. The summed E-state index contributed by atoms with van der Waals surface area (Å²) in [7, 11) is -3.58. The lowest BCUT2D eigenvalue weighted by Gasteiger charge is -2.02. The molecule has 6 nitrogen and oxygen atoms in total. The topological polar surface area (TPSA) is 87.7 Å². The van der Waals surface area contributed by atoms with Gasteiger partial charge in [0.15, 0.2) is 11.5 Å². The quantitative estimate of drug-likeness (QED) is 0.774. The zero-order valence-corrected chi connectivity index (χ0v) is 11.5. The normalized spacial score (nSPS) is 11.8. The summed E-state index contributed by atoms with van der Waals surface area (Å²) < 4.78 is 26.9. The lowest BCUT2D eigenvalue weighted by atomic mass is 10.3. The summed E-state index contributed by atoms with van der Waals surface area (Å²) >= 11 is 1.16. The zero-order chi connectivity index (χ0) is 13.5. The predicted octanol–water partition coefficient (Wildman–Crippen LogP) is 2.13. The minimum absolute atomic E-state index is 0.253. The Morgan fingerprint density at radius 2 is 2.16 bits per heavy atom. The average Bonchev–Trinajstić information content (AvgIpc) is 2.98. The second kappa shape index (κ2) is 4.32. The third-order valence-electron chi connectivity index (χ3n) is 2.55. The van der Waals surface area contributed by atoms with Crippen molar-refractivity contribution in [3.05, 3.63) is 35.3 Å². The van der Waals surface area contributed by atoms with Crippen LogP contribution >= 0.6 is 11.3 Å². The Labute approximate surface area is 113 Å². The molecule has 3 aromatic heterocycles. The van der Waals surface area contributed by atoms with Gasteiger partial charge >= 0.3 is 0 Å². The number of fused-ring (bicyclic) bond motifs is 1. The fourth-order valence-corrected chi connectivity index (χ4v) is 3.69. The van der Waals surface area contributed by atoms with E-state index in [1.165, 1.54) is 0 Å². The maximum Gasteiger partial charge on any atom is 0.272 e. The highest BCUT2D eigenvalue weighted by Crippen LogP contribution is 2.24. The van der Waals surface area contributed by atoms with Crippen LogP contribution in [0.15, 0.2) is 33.9 Å². The van der Waals surface area contributed by atoms with Gasteiger partial charge in [0.2, 0.25) is 0 Å². The summed E-state index contributed by atoms with van der Waals surface area (Å²) in [6.45, 7) is 1.86. The molecule has 0 unspecified atom stereocenters. The molecular weight excluding hydrogens is 284 g/mol. The van der Waals surface area contributed by atoms with Gasteiger partial charge in [0.1, 0.15) is 4.21 Å². The van der Waals surface area contributed by atoms with E-state index in [9.17, 15) is 8.42 Å². The van der Waals surface area contributed by atoms with E-state index in [2.05, 4.69) is 19.9 Å². The minimum Gasteiger partial charge on any atom is -0.261 e. The first-order chi connectivity index (χ1) is 9.06. The number of thiophene rings is 1. The van der Waals surface area contributed by atoms with E-state index in [0.717, 1.165) is 17.0 Å². The summed E-state index contributed by atoms with van der Waals surface area (Å²) in [5.41, 5.74) is 1.40. The molecule has 2 N–H and O–H groups in total.